The van der Waals surface area contributed by atoms with Crippen molar-refractivity contribution in [3.8, 4) is 0 Å². The zero-order valence-electron chi connectivity index (χ0n) is 9.23. The van der Waals surface area contributed by atoms with Crippen molar-refractivity contribution in [1.82, 2.24) is 5.32 Å². The smallest absolute Gasteiger partial charge is 0.475 e. The minimum absolute atomic E-state index is 0.158. The number of carbonyl (C=O) groups is 1. The van der Waals surface area contributed by atoms with E-state index in [0.29, 0.717) is 0 Å². The second-order valence-electron chi connectivity index (χ2n) is 3.71. The molecule has 4 nitrogen and oxygen atoms in total. The van der Waals surface area contributed by atoms with Gasteiger partial charge in [0.2, 0.25) is 0 Å². The Bertz CT molecular complexity index is 225. The van der Waals surface area contributed by atoms with Crippen molar-refractivity contribution in [1.29, 1.82) is 0 Å². The number of nitrogens with one attached hydrogen (secondary N) is 1. The fourth-order valence-electron chi connectivity index (χ4n) is 1.16. The summed E-state index contributed by atoms with van der Waals surface area (Å²) in [4.78, 5) is 8.90. The second kappa shape index (κ2) is 6.05. The van der Waals surface area contributed by atoms with E-state index in [1.165, 1.54) is 0 Å². The molecular weight excluding hydrogens is 227 g/mol. The van der Waals surface area contributed by atoms with Crippen LogP contribution in [0.25, 0.3) is 0 Å². The van der Waals surface area contributed by atoms with Gasteiger partial charge < -0.3 is 15.2 Å². The van der Waals surface area contributed by atoms with Crippen LogP contribution in [-0.2, 0) is 9.53 Å². The van der Waals surface area contributed by atoms with Gasteiger partial charge in [0, 0.05) is 7.11 Å². The van der Waals surface area contributed by atoms with Gasteiger partial charge in [-0.25, -0.2) is 4.79 Å². The Labute approximate surface area is 91.8 Å². The lowest BCUT2D eigenvalue weighted by Gasteiger charge is -2.32. The van der Waals surface area contributed by atoms with Crippen LogP contribution in [0, 0.1) is 0 Å². The van der Waals surface area contributed by atoms with Crippen molar-refractivity contribution >= 4 is 5.97 Å². The molecule has 0 amide bonds. The van der Waals surface area contributed by atoms with Crippen LogP contribution in [0.2, 0.25) is 0 Å². The summed E-state index contributed by atoms with van der Waals surface area (Å²) in [6, 6.07) is 0. The maximum Gasteiger partial charge on any atom is 0.490 e. The molecule has 1 aliphatic heterocycles. The van der Waals surface area contributed by atoms with Crippen molar-refractivity contribution in [3.05, 3.63) is 0 Å². The molecule has 0 atom stereocenters. The summed E-state index contributed by atoms with van der Waals surface area (Å²) < 4.78 is 37.1. The predicted octanol–water partition coefficient (Wildman–Crippen LogP) is 1.41. The van der Waals surface area contributed by atoms with E-state index in [1.54, 1.807) is 7.11 Å². The van der Waals surface area contributed by atoms with Crippen molar-refractivity contribution < 1.29 is 27.8 Å². The summed E-state index contributed by atoms with van der Waals surface area (Å²) in [5, 5.41) is 10.4. The standard InChI is InChI=1S/C7H15NO.C2HF3O2/c1-7(9-2)3-5-8-6-4-7;3-2(4,5)1(6)7/h8H,3-6H2,1-2H3;(H,6,7). The zero-order valence-corrected chi connectivity index (χ0v) is 9.23. The number of methoxy groups -OCH3 is 1. The molecule has 0 radical (unpaired) electrons. The maximum absolute atomic E-state index is 10.6. The van der Waals surface area contributed by atoms with Crippen LogP contribution in [-0.4, -0.2) is 43.1 Å². The molecule has 0 aromatic heterocycles. The minimum atomic E-state index is -5.08. The summed E-state index contributed by atoms with van der Waals surface area (Å²) in [7, 11) is 1.80. The van der Waals surface area contributed by atoms with Crippen LogP contribution in [0.5, 0.6) is 0 Å². The minimum Gasteiger partial charge on any atom is -0.475 e. The van der Waals surface area contributed by atoms with Crippen LogP contribution in [0.1, 0.15) is 19.8 Å². The van der Waals surface area contributed by atoms with Gasteiger partial charge in [-0.15, -0.1) is 0 Å². The Hall–Kier alpha value is -0.820. The molecule has 16 heavy (non-hydrogen) atoms. The molecule has 0 aromatic carbocycles. The average molecular weight is 243 g/mol. The molecule has 1 rings (SSSR count). The third kappa shape index (κ3) is 5.92. The molecule has 0 aliphatic carbocycles. The van der Waals surface area contributed by atoms with E-state index in [1.807, 2.05) is 0 Å². The third-order valence-electron chi connectivity index (χ3n) is 2.40. The number of aliphatic carboxylic acids is 1. The van der Waals surface area contributed by atoms with Crippen molar-refractivity contribution in [2.45, 2.75) is 31.5 Å². The Kier molecular flexibility index (Phi) is 5.74. The average Bonchev–Trinajstić information content (AvgIpc) is 2.18. The Balaban J connectivity index is 0.000000293. The number of hydrogen-bond acceptors (Lipinski definition) is 3. The quantitative estimate of drug-likeness (QED) is 0.731. The van der Waals surface area contributed by atoms with E-state index >= 15 is 0 Å². The van der Waals surface area contributed by atoms with Gasteiger partial charge in [0.25, 0.3) is 0 Å². The molecule has 1 heterocycles. The summed E-state index contributed by atoms with van der Waals surface area (Å²) >= 11 is 0. The topological polar surface area (TPSA) is 58.6 Å². The summed E-state index contributed by atoms with van der Waals surface area (Å²) in [6.07, 6.45) is -2.80. The normalized spacial score (nSPS) is 19.6. The number of halogens is 3. The second-order valence-corrected chi connectivity index (χ2v) is 3.71. The molecule has 1 saturated heterocycles. The first-order valence-corrected chi connectivity index (χ1v) is 4.77. The lowest BCUT2D eigenvalue weighted by molar-refractivity contribution is -0.192. The first-order valence-electron chi connectivity index (χ1n) is 4.77. The highest BCUT2D eigenvalue weighted by Crippen LogP contribution is 2.20. The van der Waals surface area contributed by atoms with E-state index in [2.05, 4.69) is 12.2 Å². The fraction of sp³-hybridized carbons (Fsp3) is 0.889. The molecule has 1 aliphatic rings. The van der Waals surface area contributed by atoms with Gasteiger partial charge in [0.05, 0.1) is 5.60 Å². The molecular formula is C9H16F3NO3. The fourth-order valence-corrected chi connectivity index (χ4v) is 1.16. The molecule has 0 bridgehead atoms. The summed E-state index contributed by atoms with van der Waals surface area (Å²) in [6.45, 7) is 4.38. The highest BCUT2D eigenvalue weighted by atomic mass is 19.4. The molecule has 0 saturated carbocycles. The van der Waals surface area contributed by atoms with Crippen molar-refractivity contribution in [2.75, 3.05) is 20.2 Å². The van der Waals surface area contributed by atoms with Crippen molar-refractivity contribution in [3.63, 3.8) is 0 Å². The highest BCUT2D eigenvalue weighted by Gasteiger charge is 2.38. The van der Waals surface area contributed by atoms with E-state index < -0.39 is 12.1 Å². The van der Waals surface area contributed by atoms with Crippen LogP contribution < -0.4 is 5.32 Å². The number of ether oxygens (including phenoxy) is 1. The van der Waals surface area contributed by atoms with Gasteiger partial charge in [-0.1, -0.05) is 0 Å². The Morgan fingerprint density at radius 1 is 1.38 bits per heavy atom. The van der Waals surface area contributed by atoms with Crippen LogP contribution in [0.15, 0.2) is 0 Å². The summed E-state index contributed by atoms with van der Waals surface area (Å²) in [5.41, 5.74) is 0.158. The van der Waals surface area contributed by atoms with Crippen molar-refractivity contribution in [2.24, 2.45) is 0 Å². The molecule has 0 spiro atoms. The van der Waals surface area contributed by atoms with E-state index in [0.717, 1.165) is 25.9 Å². The Morgan fingerprint density at radius 3 is 1.94 bits per heavy atom. The number of rotatable bonds is 1. The third-order valence-corrected chi connectivity index (χ3v) is 2.40. The largest absolute Gasteiger partial charge is 0.490 e. The van der Waals surface area contributed by atoms with Gasteiger partial charge in [-0.2, -0.15) is 13.2 Å². The molecule has 0 aromatic rings. The molecule has 0 unspecified atom stereocenters. The number of hydrogen-bond donors (Lipinski definition) is 2. The van der Waals surface area contributed by atoms with Crippen LogP contribution in [0.4, 0.5) is 13.2 Å². The zero-order chi connectivity index (χ0) is 12.8. The van der Waals surface area contributed by atoms with Gasteiger partial charge >= 0.3 is 12.1 Å². The first kappa shape index (κ1) is 15.2. The van der Waals surface area contributed by atoms with E-state index in [9.17, 15) is 13.2 Å². The number of carboxylic acid groups (broad SMARTS) is 1. The van der Waals surface area contributed by atoms with Gasteiger partial charge in [0.15, 0.2) is 0 Å². The van der Waals surface area contributed by atoms with E-state index in [-0.39, 0.29) is 5.60 Å². The molecule has 96 valence electrons. The Morgan fingerprint density at radius 2 is 1.75 bits per heavy atom. The van der Waals surface area contributed by atoms with Crippen LogP contribution >= 0.6 is 0 Å². The lowest BCUT2D eigenvalue weighted by atomic mass is 9.95. The maximum atomic E-state index is 10.6. The van der Waals surface area contributed by atoms with Gasteiger partial charge in [0.1, 0.15) is 0 Å². The number of alkyl halides is 3. The number of piperidine rings is 1. The SMILES string of the molecule is COC1(C)CCNCC1.O=C(O)C(F)(F)F. The summed E-state index contributed by atoms with van der Waals surface area (Å²) in [5.74, 6) is -2.76. The first-order chi connectivity index (χ1) is 7.21. The van der Waals surface area contributed by atoms with Gasteiger partial charge in [-0.05, 0) is 32.9 Å². The lowest BCUT2D eigenvalue weighted by Crippen LogP contribution is -2.40. The molecule has 2 N–H and O–H groups in total. The molecule has 7 heteroatoms. The predicted molar refractivity (Wildman–Crippen MR) is 51.2 cm³/mol. The molecule has 1 fully saturated rings. The highest BCUT2D eigenvalue weighted by molar-refractivity contribution is 5.73. The monoisotopic (exact) mass is 243 g/mol. The van der Waals surface area contributed by atoms with Crippen LogP contribution in [0.3, 0.4) is 0 Å². The number of carboxylic acids is 1. The van der Waals surface area contributed by atoms with E-state index in [4.69, 9.17) is 14.6 Å². The van der Waals surface area contributed by atoms with Gasteiger partial charge in [-0.3, -0.25) is 0 Å².